The predicted molar refractivity (Wildman–Crippen MR) is 144 cm³/mol. The van der Waals surface area contributed by atoms with Crippen LogP contribution in [0.1, 0.15) is 11.1 Å². The van der Waals surface area contributed by atoms with Gasteiger partial charge in [-0.2, -0.15) is 0 Å². The first-order chi connectivity index (χ1) is 15.5. The summed E-state index contributed by atoms with van der Waals surface area (Å²) >= 11 is 1.64. The second-order valence-corrected chi connectivity index (χ2v) is 20.0. The Bertz CT molecular complexity index is 1370. The van der Waals surface area contributed by atoms with Crippen molar-refractivity contribution in [1.82, 2.24) is 14.5 Å². The van der Waals surface area contributed by atoms with Gasteiger partial charge in [-0.1, -0.05) is 6.07 Å². The molecule has 0 aliphatic heterocycles. The molecule has 0 amide bonds. The topological polar surface area (TPSA) is 77.2 Å². The van der Waals surface area contributed by atoms with Crippen molar-refractivity contribution >= 4 is 41.5 Å². The van der Waals surface area contributed by atoms with Gasteiger partial charge in [0, 0.05) is 12.8 Å². The van der Waals surface area contributed by atoms with Crippen molar-refractivity contribution in [3.05, 3.63) is 57.3 Å². The molecule has 8 heteroatoms. The normalized spacial score (nSPS) is 13.5. The maximum absolute atomic E-state index is 13.7. The maximum atomic E-state index is 13.7. The third kappa shape index (κ3) is 5.46. The summed E-state index contributed by atoms with van der Waals surface area (Å²) in [5, 5.41) is 13.0. The highest BCUT2D eigenvalue weighted by atomic mass is 32.3. The van der Waals surface area contributed by atoms with Gasteiger partial charge in [-0.05, 0) is 84.2 Å². The van der Waals surface area contributed by atoms with E-state index in [2.05, 4.69) is 30.0 Å². The molecule has 33 heavy (non-hydrogen) atoms. The minimum Gasteiger partial charge on any atom is -0.396 e. The molecular weight excluding hydrogens is 454 g/mol. The number of aryl methyl sites for hydroxylation is 1. The average molecular weight is 488 g/mol. The van der Waals surface area contributed by atoms with Crippen molar-refractivity contribution in [3.8, 4) is 11.5 Å². The third-order valence-corrected chi connectivity index (χ3v) is 8.47. The smallest absolute Gasteiger partial charge is 0.263 e. The Morgan fingerprint density at radius 3 is 2.70 bits per heavy atom. The molecular formula is C25H33N3O3S2. The molecule has 0 aliphatic carbocycles. The summed E-state index contributed by atoms with van der Waals surface area (Å²) in [5.41, 5.74) is 2.99. The van der Waals surface area contributed by atoms with Crippen LogP contribution in [0.3, 0.4) is 0 Å². The summed E-state index contributed by atoms with van der Waals surface area (Å²) in [6.45, 7) is 2.69. The molecule has 0 fully saturated rings. The van der Waals surface area contributed by atoms with Gasteiger partial charge in [-0.25, -0.2) is 4.98 Å². The van der Waals surface area contributed by atoms with Gasteiger partial charge < -0.3 is 9.84 Å². The molecule has 6 nitrogen and oxygen atoms in total. The fourth-order valence-corrected chi connectivity index (χ4v) is 5.34. The zero-order valence-corrected chi connectivity index (χ0v) is 21.7. The van der Waals surface area contributed by atoms with E-state index in [0.29, 0.717) is 35.4 Å². The van der Waals surface area contributed by atoms with Crippen LogP contribution in [0.5, 0.6) is 0 Å². The first-order valence-corrected chi connectivity index (χ1v) is 16.2. The summed E-state index contributed by atoms with van der Waals surface area (Å²) < 4.78 is 8.71. The van der Waals surface area contributed by atoms with Crippen LogP contribution < -0.4 is 5.56 Å². The fourth-order valence-electron chi connectivity index (χ4n) is 3.74. The van der Waals surface area contributed by atoms with Crippen LogP contribution in [-0.4, -0.2) is 63.6 Å². The van der Waals surface area contributed by atoms with Crippen molar-refractivity contribution < 1.29 is 9.84 Å². The lowest BCUT2D eigenvalue weighted by Gasteiger charge is -2.46. The zero-order chi connectivity index (χ0) is 23.8. The van der Waals surface area contributed by atoms with E-state index in [9.17, 15) is 9.90 Å². The lowest BCUT2D eigenvalue weighted by molar-refractivity contribution is 0.0879. The Kier molecular flexibility index (Phi) is 6.39. The highest BCUT2D eigenvalue weighted by Gasteiger charge is 2.20. The SMILES string of the molecule is Cc1cc(CCO)cc2c(=O)n(COCC[SH](C)(C)(C)C)c(-c3cc4ccsc4cn3)nc12. The Morgan fingerprint density at radius 2 is 1.97 bits per heavy atom. The molecule has 1 aromatic carbocycles. The van der Waals surface area contributed by atoms with Crippen molar-refractivity contribution in [2.45, 2.75) is 20.1 Å². The molecule has 0 bridgehead atoms. The molecule has 178 valence electrons. The summed E-state index contributed by atoms with van der Waals surface area (Å²) in [4.78, 5) is 23.2. The Balaban J connectivity index is 1.82. The minimum atomic E-state index is -1.70. The van der Waals surface area contributed by atoms with Crippen LogP contribution in [0.4, 0.5) is 0 Å². The van der Waals surface area contributed by atoms with E-state index in [0.717, 1.165) is 27.0 Å². The second kappa shape index (κ2) is 8.83. The van der Waals surface area contributed by atoms with Crippen LogP contribution in [0.25, 0.3) is 32.5 Å². The standard InChI is InChI=1S/C25H33N3O3S2/c1-17-12-18(6-8-29)13-20-23(17)27-24(21-14-19-7-10-32-22(19)15-26-21)28(25(20)30)16-31-9-11-33(2,3,4)5/h7,10,12-15,29,33H,6,8-9,11,16H2,1-5H3. The van der Waals surface area contributed by atoms with Gasteiger partial charge in [0.2, 0.25) is 0 Å². The summed E-state index contributed by atoms with van der Waals surface area (Å²) in [7, 11) is -1.70. The van der Waals surface area contributed by atoms with Gasteiger partial charge in [0.05, 0.1) is 22.2 Å². The summed E-state index contributed by atoms with van der Waals surface area (Å²) in [5.74, 6) is 1.49. The molecule has 3 heterocycles. The van der Waals surface area contributed by atoms with E-state index in [1.54, 1.807) is 15.9 Å². The largest absolute Gasteiger partial charge is 0.396 e. The quantitative estimate of drug-likeness (QED) is 0.289. The molecule has 0 saturated heterocycles. The molecule has 0 radical (unpaired) electrons. The first-order valence-electron chi connectivity index (χ1n) is 11.1. The van der Waals surface area contributed by atoms with Crippen LogP contribution in [0, 0.1) is 6.92 Å². The van der Waals surface area contributed by atoms with Gasteiger partial charge in [0.1, 0.15) is 12.4 Å². The minimum absolute atomic E-state index is 0.0341. The number of rotatable bonds is 8. The number of pyridine rings is 1. The number of thiophene rings is 1. The Hall–Kier alpha value is -2.26. The predicted octanol–water partition coefficient (Wildman–Crippen LogP) is 4.08. The lowest BCUT2D eigenvalue weighted by Crippen LogP contribution is -2.27. The van der Waals surface area contributed by atoms with Crippen molar-refractivity contribution in [3.63, 3.8) is 0 Å². The van der Waals surface area contributed by atoms with Crippen LogP contribution in [-0.2, 0) is 17.9 Å². The van der Waals surface area contributed by atoms with Crippen LogP contribution in [0.2, 0.25) is 0 Å². The highest BCUT2D eigenvalue weighted by Crippen LogP contribution is 2.54. The zero-order valence-electron chi connectivity index (χ0n) is 20.0. The number of benzene rings is 1. The monoisotopic (exact) mass is 487 g/mol. The number of aliphatic hydroxyl groups is 1. The molecule has 0 saturated carbocycles. The fraction of sp³-hybridized carbons (Fsp3) is 0.400. The van der Waals surface area contributed by atoms with Gasteiger partial charge in [0.15, 0.2) is 5.82 Å². The molecule has 4 aromatic rings. The number of aliphatic hydroxyl groups excluding tert-OH is 1. The maximum Gasteiger partial charge on any atom is 0.263 e. The number of hydrogen-bond acceptors (Lipinski definition) is 6. The molecule has 1 N–H and O–H groups in total. The lowest BCUT2D eigenvalue weighted by atomic mass is 10.0. The van der Waals surface area contributed by atoms with Crippen molar-refractivity contribution in [2.75, 3.05) is 44.0 Å². The summed E-state index contributed by atoms with van der Waals surface area (Å²) in [6.07, 6.45) is 11.6. The van der Waals surface area contributed by atoms with E-state index >= 15 is 0 Å². The molecule has 3 aromatic heterocycles. The number of nitrogens with zero attached hydrogens (tertiary/aromatic N) is 3. The number of fused-ring (bicyclic) bond motifs is 2. The van der Waals surface area contributed by atoms with Gasteiger partial charge in [0.25, 0.3) is 5.56 Å². The van der Waals surface area contributed by atoms with E-state index in [1.165, 1.54) is 0 Å². The number of ether oxygens (including phenoxy) is 1. The molecule has 0 atom stereocenters. The van der Waals surface area contributed by atoms with E-state index in [-0.39, 0.29) is 18.9 Å². The average Bonchev–Trinajstić information content (AvgIpc) is 3.19. The number of aromatic nitrogens is 3. The molecule has 0 spiro atoms. The summed E-state index contributed by atoms with van der Waals surface area (Å²) in [6, 6.07) is 7.85. The van der Waals surface area contributed by atoms with Crippen LogP contribution >= 0.6 is 20.5 Å². The van der Waals surface area contributed by atoms with Crippen molar-refractivity contribution in [2.24, 2.45) is 0 Å². The first kappa shape index (κ1) is 23.9. The highest BCUT2D eigenvalue weighted by molar-refractivity contribution is 8.47. The van der Waals surface area contributed by atoms with Crippen LogP contribution in [0.15, 0.2) is 40.6 Å². The Morgan fingerprint density at radius 1 is 1.18 bits per heavy atom. The van der Waals surface area contributed by atoms with Gasteiger partial charge in [-0.15, -0.1) is 11.3 Å². The van der Waals surface area contributed by atoms with E-state index in [1.807, 2.05) is 42.8 Å². The molecule has 0 aliphatic rings. The van der Waals surface area contributed by atoms with Gasteiger partial charge in [-0.3, -0.25) is 23.5 Å². The van der Waals surface area contributed by atoms with Gasteiger partial charge >= 0.3 is 0 Å². The number of thiol groups is 1. The van der Waals surface area contributed by atoms with E-state index < -0.39 is 9.16 Å². The second-order valence-electron chi connectivity index (χ2n) is 10.7. The number of hydrogen-bond donors (Lipinski definition) is 2. The Labute approximate surface area is 198 Å². The third-order valence-electron chi connectivity index (χ3n) is 5.63. The molecule has 0 unspecified atom stereocenters. The van der Waals surface area contributed by atoms with Crippen molar-refractivity contribution in [1.29, 1.82) is 0 Å². The molecule has 4 rings (SSSR count). The van der Waals surface area contributed by atoms with E-state index in [4.69, 9.17) is 9.72 Å².